The second kappa shape index (κ2) is 8.29. The number of ether oxygens (including phenoxy) is 1. The molecule has 3 heterocycles. The molecule has 1 aliphatic rings. The van der Waals surface area contributed by atoms with Crippen molar-refractivity contribution < 1.29 is 4.74 Å². The van der Waals surface area contributed by atoms with Gasteiger partial charge in [0.05, 0.1) is 18.8 Å². The van der Waals surface area contributed by atoms with Gasteiger partial charge in [0.25, 0.3) is 0 Å². The number of rotatable bonds is 6. The summed E-state index contributed by atoms with van der Waals surface area (Å²) in [6, 6.07) is 12.9. The largest absolute Gasteiger partial charge is 0.497 e. The maximum absolute atomic E-state index is 5.38. The first-order chi connectivity index (χ1) is 13.6. The Morgan fingerprint density at radius 2 is 2.14 bits per heavy atom. The summed E-state index contributed by atoms with van der Waals surface area (Å²) in [5, 5.41) is 4.37. The average molecular weight is 395 g/mol. The molecule has 0 spiro atoms. The Hall–Kier alpha value is -2.44. The molecule has 1 N–H and O–H groups in total. The van der Waals surface area contributed by atoms with E-state index in [0.29, 0.717) is 6.04 Å². The lowest BCUT2D eigenvalue weighted by molar-refractivity contribution is 0.244. The summed E-state index contributed by atoms with van der Waals surface area (Å²) in [6.45, 7) is 6.13. The van der Waals surface area contributed by atoms with Crippen LogP contribution < -0.4 is 10.1 Å². The molecular formula is C22H26N4OS. The van der Waals surface area contributed by atoms with E-state index in [0.717, 1.165) is 47.5 Å². The minimum atomic E-state index is 0.338. The highest BCUT2D eigenvalue weighted by Crippen LogP contribution is 2.34. The molecule has 0 amide bonds. The third-order valence-corrected chi connectivity index (χ3v) is 5.90. The molecule has 0 radical (unpaired) electrons. The van der Waals surface area contributed by atoms with Gasteiger partial charge in [0, 0.05) is 29.0 Å². The van der Waals surface area contributed by atoms with E-state index < -0.39 is 0 Å². The zero-order valence-electron chi connectivity index (χ0n) is 16.6. The fourth-order valence-electron chi connectivity index (χ4n) is 3.83. The van der Waals surface area contributed by atoms with Gasteiger partial charge in [0.1, 0.15) is 5.75 Å². The molecule has 0 aliphatic carbocycles. The maximum atomic E-state index is 5.38. The predicted molar refractivity (Wildman–Crippen MR) is 114 cm³/mol. The number of hydrogen-bond acceptors (Lipinski definition) is 6. The smallest absolute Gasteiger partial charge is 0.187 e. The number of likely N-dealkylation sites (tertiary alicyclic amines) is 1. The van der Waals surface area contributed by atoms with Crippen LogP contribution in [-0.4, -0.2) is 28.5 Å². The van der Waals surface area contributed by atoms with Gasteiger partial charge >= 0.3 is 0 Å². The first-order valence-electron chi connectivity index (χ1n) is 9.66. The second-order valence-electron chi connectivity index (χ2n) is 7.30. The van der Waals surface area contributed by atoms with Crippen molar-refractivity contribution in [2.24, 2.45) is 0 Å². The summed E-state index contributed by atoms with van der Waals surface area (Å²) >= 11 is 1.67. The van der Waals surface area contributed by atoms with Crippen LogP contribution in [0.15, 0.2) is 42.6 Å². The number of hydrogen-bond donors (Lipinski definition) is 1. The minimum Gasteiger partial charge on any atom is -0.497 e. The average Bonchev–Trinajstić information content (AvgIpc) is 3.30. The van der Waals surface area contributed by atoms with Gasteiger partial charge in [0.15, 0.2) is 5.13 Å². The summed E-state index contributed by atoms with van der Waals surface area (Å²) < 4.78 is 5.38. The number of nitrogens with one attached hydrogen (secondary N) is 1. The first kappa shape index (κ1) is 18.9. The molecule has 1 saturated heterocycles. The highest BCUT2D eigenvalue weighted by Gasteiger charge is 2.27. The van der Waals surface area contributed by atoms with Crippen LogP contribution in [0.4, 0.5) is 10.8 Å². The molecule has 28 heavy (non-hydrogen) atoms. The minimum absolute atomic E-state index is 0.338. The van der Waals surface area contributed by atoms with Crippen molar-refractivity contribution in [3.05, 3.63) is 64.4 Å². The SMILES string of the molecule is COc1cccc(CN2CCCC2c2cc(Nc3ncc(C)s3)cc(C)n2)c1. The zero-order valence-corrected chi connectivity index (χ0v) is 17.4. The molecule has 1 aliphatic heterocycles. The number of methoxy groups -OCH3 is 1. The summed E-state index contributed by atoms with van der Waals surface area (Å²) in [7, 11) is 1.72. The standard InChI is InChI=1S/C22H26N4OS/c1-15-10-18(25-22-23-13-16(2)28-22)12-20(24-15)21-8-5-9-26(21)14-17-6-4-7-19(11-17)27-3/h4,6-7,10-13,21H,5,8-9,14H2,1-3H3,(H,23,24,25). The van der Waals surface area contributed by atoms with Crippen LogP contribution in [0, 0.1) is 13.8 Å². The highest BCUT2D eigenvalue weighted by atomic mass is 32.1. The van der Waals surface area contributed by atoms with Crippen molar-refractivity contribution in [1.82, 2.24) is 14.9 Å². The quantitative estimate of drug-likeness (QED) is 0.619. The van der Waals surface area contributed by atoms with Gasteiger partial charge in [0.2, 0.25) is 0 Å². The molecule has 0 saturated carbocycles. The third kappa shape index (κ3) is 4.34. The molecule has 1 aromatic carbocycles. The molecule has 2 aromatic heterocycles. The van der Waals surface area contributed by atoms with Crippen LogP contribution in [0.2, 0.25) is 0 Å². The lowest BCUT2D eigenvalue weighted by Gasteiger charge is -2.25. The Balaban J connectivity index is 1.54. The van der Waals surface area contributed by atoms with Crippen LogP contribution in [0.5, 0.6) is 5.75 Å². The summed E-state index contributed by atoms with van der Waals surface area (Å²) in [4.78, 5) is 13.0. The molecule has 146 valence electrons. The Morgan fingerprint density at radius 1 is 1.25 bits per heavy atom. The van der Waals surface area contributed by atoms with Crippen molar-refractivity contribution in [3.8, 4) is 5.75 Å². The third-order valence-electron chi connectivity index (χ3n) is 5.07. The fourth-order valence-corrected chi connectivity index (χ4v) is 4.51. The molecule has 1 atom stereocenters. The number of thiazole rings is 1. The van der Waals surface area contributed by atoms with E-state index in [2.05, 4.69) is 59.4 Å². The number of nitrogens with zero attached hydrogens (tertiary/aromatic N) is 3. The number of aryl methyl sites for hydroxylation is 2. The zero-order chi connectivity index (χ0) is 19.5. The predicted octanol–water partition coefficient (Wildman–Crippen LogP) is 5.24. The first-order valence-corrected chi connectivity index (χ1v) is 10.5. The molecule has 1 unspecified atom stereocenters. The van der Waals surface area contributed by atoms with Crippen LogP contribution in [0.25, 0.3) is 0 Å². The van der Waals surface area contributed by atoms with Gasteiger partial charge in [-0.25, -0.2) is 4.98 Å². The van der Waals surface area contributed by atoms with E-state index in [1.165, 1.54) is 16.9 Å². The lowest BCUT2D eigenvalue weighted by Crippen LogP contribution is -2.23. The number of aromatic nitrogens is 2. The van der Waals surface area contributed by atoms with E-state index >= 15 is 0 Å². The molecule has 4 rings (SSSR count). The lowest BCUT2D eigenvalue weighted by atomic mass is 10.1. The van der Waals surface area contributed by atoms with E-state index in [1.54, 1.807) is 18.4 Å². The Bertz CT molecular complexity index is 955. The van der Waals surface area contributed by atoms with Gasteiger partial charge in [-0.15, -0.1) is 11.3 Å². The van der Waals surface area contributed by atoms with Crippen LogP contribution >= 0.6 is 11.3 Å². The van der Waals surface area contributed by atoms with Crippen molar-refractivity contribution in [3.63, 3.8) is 0 Å². The topological polar surface area (TPSA) is 50.3 Å². The van der Waals surface area contributed by atoms with Crippen LogP contribution in [0.3, 0.4) is 0 Å². The van der Waals surface area contributed by atoms with Crippen LogP contribution in [0.1, 0.15) is 40.7 Å². The van der Waals surface area contributed by atoms with Crippen molar-refractivity contribution in [1.29, 1.82) is 0 Å². The number of pyridine rings is 1. The fraction of sp³-hybridized carbons (Fsp3) is 0.364. The molecule has 3 aromatic rings. The Kier molecular flexibility index (Phi) is 5.59. The van der Waals surface area contributed by atoms with Crippen LogP contribution in [-0.2, 0) is 6.54 Å². The van der Waals surface area contributed by atoms with Gasteiger partial charge in [-0.1, -0.05) is 12.1 Å². The Morgan fingerprint density at radius 3 is 2.93 bits per heavy atom. The van der Waals surface area contributed by atoms with E-state index in [4.69, 9.17) is 9.72 Å². The van der Waals surface area contributed by atoms with Gasteiger partial charge in [-0.3, -0.25) is 9.88 Å². The molecule has 6 heteroatoms. The summed E-state index contributed by atoms with van der Waals surface area (Å²) in [5.41, 5.74) is 4.50. The molecule has 5 nitrogen and oxygen atoms in total. The maximum Gasteiger partial charge on any atom is 0.187 e. The van der Waals surface area contributed by atoms with Crippen molar-refractivity contribution in [2.45, 2.75) is 39.3 Å². The molecule has 1 fully saturated rings. The van der Waals surface area contributed by atoms with Gasteiger partial charge < -0.3 is 10.1 Å². The van der Waals surface area contributed by atoms with E-state index in [-0.39, 0.29) is 0 Å². The molecular weight excluding hydrogens is 368 g/mol. The Labute approximate surface area is 170 Å². The second-order valence-corrected chi connectivity index (χ2v) is 8.54. The van der Waals surface area contributed by atoms with Crippen molar-refractivity contribution >= 4 is 22.2 Å². The number of benzene rings is 1. The van der Waals surface area contributed by atoms with Gasteiger partial charge in [-0.2, -0.15) is 0 Å². The summed E-state index contributed by atoms with van der Waals surface area (Å²) in [5.74, 6) is 0.909. The highest BCUT2D eigenvalue weighted by molar-refractivity contribution is 7.15. The van der Waals surface area contributed by atoms with E-state index in [9.17, 15) is 0 Å². The molecule has 0 bridgehead atoms. The van der Waals surface area contributed by atoms with Gasteiger partial charge in [-0.05, 0) is 63.1 Å². The summed E-state index contributed by atoms with van der Waals surface area (Å²) in [6.07, 6.45) is 4.23. The van der Waals surface area contributed by atoms with E-state index in [1.807, 2.05) is 12.3 Å². The normalized spacial score (nSPS) is 17.0. The van der Waals surface area contributed by atoms with Crippen molar-refractivity contribution in [2.75, 3.05) is 19.0 Å². The monoisotopic (exact) mass is 394 g/mol. The number of anilines is 2.